The van der Waals surface area contributed by atoms with Crippen LogP contribution in [0.5, 0.6) is 0 Å². The van der Waals surface area contributed by atoms with Gasteiger partial charge in [-0.15, -0.1) is 0 Å². The van der Waals surface area contributed by atoms with Crippen LogP contribution in [0.15, 0.2) is 18.2 Å². The highest BCUT2D eigenvalue weighted by molar-refractivity contribution is 6.33. The van der Waals surface area contributed by atoms with E-state index in [1.54, 1.807) is 7.11 Å². The molecule has 0 fully saturated rings. The molecular weight excluding hydrogens is 186 g/mol. The van der Waals surface area contributed by atoms with Gasteiger partial charge in [-0.05, 0) is 31.5 Å². The van der Waals surface area contributed by atoms with Crippen LogP contribution in [0, 0.1) is 6.92 Å². The second-order valence-corrected chi connectivity index (χ2v) is 3.41. The van der Waals surface area contributed by atoms with E-state index >= 15 is 0 Å². The lowest BCUT2D eigenvalue weighted by Crippen LogP contribution is -2.16. The van der Waals surface area contributed by atoms with Crippen LogP contribution in [-0.4, -0.2) is 13.3 Å². The zero-order chi connectivity index (χ0) is 9.84. The van der Waals surface area contributed by atoms with E-state index in [4.69, 9.17) is 16.3 Å². The molecule has 0 aliphatic carbocycles. The van der Waals surface area contributed by atoms with Gasteiger partial charge in [-0.2, -0.15) is 0 Å². The highest BCUT2D eigenvalue weighted by atomic mass is 35.5. The van der Waals surface area contributed by atoms with Gasteiger partial charge in [0.05, 0.1) is 10.7 Å². The number of halogens is 1. The third-order valence-corrected chi connectivity index (χ3v) is 2.15. The molecule has 1 rings (SSSR count). The average molecular weight is 200 g/mol. The molecule has 0 heterocycles. The van der Waals surface area contributed by atoms with Gasteiger partial charge in [0.1, 0.15) is 6.23 Å². The quantitative estimate of drug-likeness (QED) is 0.756. The SMILES string of the molecule is COC(C)Nc1ccc(C)cc1Cl. The molecule has 1 N–H and O–H groups in total. The molecule has 0 amide bonds. The number of nitrogens with one attached hydrogen (secondary N) is 1. The smallest absolute Gasteiger partial charge is 0.124 e. The lowest BCUT2D eigenvalue weighted by Gasteiger charge is -2.14. The Bertz CT molecular complexity index is 288. The molecule has 13 heavy (non-hydrogen) atoms. The van der Waals surface area contributed by atoms with Crippen LogP contribution in [0.4, 0.5) is 5.69 Å². The summed E-state index contributed by atoms with van der Waals surface area (Å²) < 4.78 is 5.07. The first-order valence-electron chi connectivity index (χ1n) is 4.19. The highest BCUT2D eigenvalue weighted by Crippen LogP contribution is 2.23. The summed E-state index contributed by atoms with van der Waals surface area (Å²) in [6.07, 6.45) is -0.0276. The van der Waals surface area contributed by atoms with Gasteiger partial charge in [0.15, 0.2) is 0 Å². The van der Waals surface area contributed by atoms with Crippen molar-refractivity contribution in [1.82, 2.24) is 0 Å². The minimum absolute atomic E-state index is 0.0276. The summed E-state index contributed by atoms with van der Waals surface area (Å²) in [5, 5.41) is 3.86. The third-order valence-electron chi connectivity index (χ3n) is 1.84. The van der Waals surface area contributed by atoms with Crippen molar-refractivity contribution in [3.05, 3.63) is 28.8 Å². The van der Waals surface area contributed by atoms with E-state index in [-0.39, 0.29) is 6.23 Å². The number of ether oxygens (including phenoxy) is 1. The predicted molar refractivity (Wildman–Crippen MR) is 56.3 cm³/mol. The molecule has 0 aromatic heterocycles. The molecule has 1 unspecified atom stereocenters. The largest absolute Gasteiger partial charge is 0.362 e. The molecule has 0 spiro atoms. The van der Waals surface area contributed by atoms with Gasteiger partial charge in [-0.25, -0.2) is 0 Å². The normalized spacial score (nSPS) is 12.6. The molecular formula is C10H14ClNO. The van der Waals surface area contributed by atoms with E-state index in [2.05, 4.69) is 5.32 Å². The maximum Gasteiger partial charge on any atom is 0.124 e. The van der Waals surface area contributed by atoms with Crippen LogP contribution in [0.3, 0.4) is 0 Å². The number of hydrogen-bond donors (Lipinski definition) is 1. The van der Waals surface area contributed by atoms with Crippen molar-refractivity contribution in [2.24, 2.45) is 0 Å². The van der Waals surface area contributed by atoms with Gasteiger partial charge in [-0.3, -0.25) is 0 Å². The Kier molecular flexibility index (Phi) is 3.58. The average Bonchev–Trinajstić information content (AvgIpc) is 2.09. The second-order valence-electron chi connectivity index (χ2n) is 3.01. The maximum absolute atomic E-state index is 6.01. The van der Waals surface area contributed by atoms with E-state index < -0.39 is 0 Å². The van der Waals surface area contributed by atoms with E-state index in [9.17, 15) is 0 Å². The first-order chi connectivity index (χ1) is 6.13. The van der Waals surface area contributed by atoms with Gasteiger partial charge in [-0.1, -0.05) is 17.7 Å². The standard InChI is InChI=1S/C10H14ClNO/c1-7-4-5-10(9(11)6-7)12-8(2)13-3/h4-6,8,12H,1-3H3. The zero-order valence-corrected chi connectivity index (χ0v) is 8.85. The van der Waals surface area contributed by atoms with Crippen LogP contribution in [0.2, 0.25) is 5.02 Å². The highest BCUT2D eigenvalue weighted by Gasteiger charge is 2.03. The Morgan fingerprint density at radius 1 is 1.46 bits per heavy atom. The monoisotopic (exact) mass is 199 g/mol. The number of rotatable bonds is 3. The molecule has 0 bridgehead atoms. The van der Waals surface area contributed by atoms with Crippen LogP contribution in [0.25, 0.3) is 0 Å². The van der Waals surface area contributed by atoms with Crippen LogP contribution >= 0.6 is 11.6 Å². The van der Waals surface area contributed by atoms with Crippen molar-refractivity contribution in [3.8, 4) is 0 Å². The fraction of sp³-hybridized carbons (Fsp3) is 0.400. The molecule has 0 aliphatic rings. The second kappa shape index (κ2) is 4.49. The zero-order valence-electron chi connectivity index (χ0n) is 8.10. The number of aryl methyl sites for hydroxylation is 1. The van der Waals surface area contributed by atoms with E-state index in [0.717, 1.165) is 16.3 Å². The first kappa shape index (κ1) is 10.4. The summed E-state index contributed by atoms with van der Waals surface area (Å²) in [5.41, 5.74) is 2.06. The van der Waals surface area contributed by atoms with E-state index in [0.29, 0.717) is 0 Å². The molecule has 1 aromatic carbocycles. The molecule has 0 saturated heterocycles. The van der Waals surface area contributed by atoms with Crippen LogP contribution in [0.1, 0.15) is 12.5 Å². The molecule has 2 nitrogen and oxygen atoms in total. The van der Waals surface area contributed by atoms with Gasteiger partial charge >= 0.3 is 0 Å². The van der Waals surface area contributed by atoms with Crippen LogP contribution in [-0.2, 0) is 4.74 Å². The number of anilines is 1. The maximum atomic E-state index is 6.01. The lowest BCUT2D eigenvalue weighted by molar-refractivity contribution is 0.141. The number of methoxy groups -OCH3 is 1. The van der Waals surface area contributed by atoms with Crippen molar-refractivity contribution < 1.29 is 4.74 Å². The molecule has 0 aliphatic heterocycles. The molecule has 72 valence electrons. The Balaban J connectivity index is 2.77. The third kappa shape index (κ3) is 2.90. The summed E-state index contributed by atoms with van der Waals surface area (Å²) in [4.78, 5) is 0. The lowest BCUT2D eigenvalue weighted by atomic mass is 10.2. The number of hydrogen-bond acceptors (Lipinski definition) is 2. The summed E-state index contributed by atoms with van der Waals surface area (Å²) in [5.74, 6) is 0. The van der Waals surface area contributed by atoms with Crippen molar-refractivity contribution in [2.45, 2.75) is 20.1 Å². The molecule has 1 atom stereocenters. The Labute approximate surface area is 83.9 Å². The summed E-state index contributed by atoms with van der Waals surface area (Å²) in [7, 11) is 1.65. The fourth-order valence-corrected chi connectivity index (χ4v) is 1.30. The Morgan fingerprint density at radius 2 is 2.15 bits per heavy atom. The fourth-order valence-electron chi connectivity index (χ4n) is 1.02. The summed E-state index contributed by atoms with van der Waals surface area (Å²) >= 11 is 6.01. The van der Waals surface area contributed by atoms with Crippen molar-refractivity contribution in [3.63, 3.8) is 0 Å². The van der Waals surface area contributed by atoms with E-state index in [1.807, 2.05) is 32.0 Å². The van der Waals surface area contributed by atoms with Crippen molar-refractivity contribution in [1.29, 1.82) is 0 Å². The van der Waals surface area contributed by atoms with Gasteiger partial charge in [0, 0.05) is 7.11 Å². The molecule has 1 aromatic rings. The Morgan fingerprint density at radius 3 is 2.69 bits per heavy atom. The molecule has 3 heteroatoms. The molecule has 0 saturated carbocycles. The summed E-state index contributed by atoms with van der Waals surface area (Å²) in [6.45, 7) is 3.94. The summed E-state index contributed by atoms with van der Waals surface area (Å²) in [6, 6.07) is 5.88. The minimum atomic E-state index is -0.0276. The predicted octanol–water partition coefficient (Wildman–Crippen LogP) is 3.05. The number of benzene rings is 1. The van der Waals surface area contributed by atoms with Gasteiger partial charge < -0.3 is 10.1 Å². The van der Waals surface area contributed by atoms with Gasteiger partial charge in [0.25, 0.3) is 0 Å². The minimum Gasteiger partial charge on any atom is -0.362 e. The Hall–Kier alpha value is -0.730. The first-order valence-corrected chi connectivity index (χ1v) is 4.56. The topological polar surface area (TPSA) is 21.3 Å². The van der Waals surface area contributed by atoms with Crippen molar-refractivity contribution in [2.75, 3.05) is 12.4 Å². The van der Waals surface area contributed by atoms with Gasteiger partial charge in [0.2, 0.25) is 0 Å². The van der Waals surface area contributed by atoms with Crippen LogP contribution < -0.4 is 5.32 Å². The van der Waals surface area contributed by atoms with Crippen molar-refractivity contribution >= 4 is 17.3 Å². The molecule has 0 radical (unpaired) electrons. The van der Waals surface area contributed by atoms with E-state index in [1.165, 1.54) is 0 Å².